The van der Waals surface area contributed by atoms with Gasteiger partial charge in [0.25, 0.3) is 0 Å². The van der Waals surface area contributed by atoms with Crippen molar-refractivity contribution in [3.05, 3.63) is 83.9 Å². The molecule has 5 rings (SSSR count). The van der Waals surface area contributed by atoms with Gasteiger partial charge in [0.2, 0.25) is 5.91 Å². The summed E-state index contributed by atoms with van der Waals surface area (Å²) in [6.45, 7) is 2.86. The molecule has 0 bridgehead atoms. The van der Waals surface area contributed by atoms with Gasteiger partial charge in [-0.2, -0.15) is 0 Å². The predicted molar refractivity (Wildman–Crippen MR) is 118 cm³/mol. The van der Waals surface area contributed by atoms with Crippen LogP contribution < -0.4 is 0 Å². The highest BCUT2D eigenvalue weighted by Crippen LogP contribution is 2.30. The van der Waals surface area contributed by atoms with Crippen molar-refractivity contribution < 1.29 is 4.79 Å². The van der Waals surface area contributed by atoms with Crippen LogP contribution in [0.2, 0.25) is 0 Å². The van der Waals surface area contributed by atoms with Crippen LogP contribution in [0.1, 0.15) is 24.0 Å². The summed E-state index contributed by atoms with van der Waals surface area (Å²) in [5, 5.41) is 2.40. The van der Waals surface area contributed by atoms with Gasteiger partial charge in [-0.25, -0.2) is 0 Å². The zero-order valence-corrected chi connectivity index (χ0v) is 16.8. The van der Waals surface area contributed by atoms with E-state index in [1.807, 2.05) is 0 Å². The lowest BCUT2D eigenvalue weighted by Crippen LogP contribution is -2.56. The van der Waals surface area contributed by atoms with Gasteiger partial charge in [-0.3, -0.25) is 9.69 Å². The normalized spacial score (nSPS) is 20.1. The number of benzene rings is 3. The average molecular weight is 385 g/mol. The molecule has 3 aromatic rings. The van der Waals surface area contributed by atoms with Crippen LogP contribution in [-0.4, -0.2) is 47.4 Å². The fourth-order valence-electron chi connectivity index (χ4n) is 4.75. The Balaban J connectivity index is 1.37. The quantitative estimate of drug-likeness (QED) is 0.655. The Hall–Kier alpha value is -2.65. The Labute approximate surface area is 172 Å². The molecule has 1 atom stereocenters. The molecule has 3 aromatic carbocycles. The lowest BCUT2D eigenvalue weighted by Gasteiger charge is -2.42. The zero-order chi connectivity index (χ0) is 19.6. The number of hydrogen-bond acceptors (Lipinski definition) is 2. The van der Waals surface area contributed by atoms with Crippen LogP contribution in [0.5, 0.6) is 0 Å². The SMILES string of the molecule is O=C(Cc1cccc2ccccc12)N1CCN(C2CC2)CC1Cc1ccccc1. The summed E-state index contributed by atoms with van der Waals surface area (Å²) in [4.78, 5) is 18.2. The van der Waals surface area contributed by atoms with E-state index in [-0.39, 0.29) is 11.9 Å². The third kappa shape index (κ3) is 4.06. The highest BCUT2D eigenvalue weighted by Gasteiger charge is 2.37. The van der Waals surface area contributed by atoms with Gasteiger partial charge in [-0.05, 0) is 41.2 Å². The average Bonchev–Trinajstić information content (AvgIpc) is 3.60. The maximum atomic E-state index is 13.4. The summed E-state index contributed by atoms with van der Waals surface area (Å²) in [5.41, 5.74) is 2.45. The molecule has 3 heteroatoms. The van der Waals surface area contributed by atoms with E-state index in [4.69, 9.17) is 0 Å². The number of amides is 1. The Bertz CT molecular complexity index is 991. The molecule has 1 heterocycles. The van der Waals surface area contributed by atoms with Crippen LogP contribution in [-0.2, 0) is 17.6 Å². The molecule has 3 nitrogen and oxygen atoms in total. The van der Waals surface area contributed by atoms with Crippen molar-refractivity contribution in [3.8, 4) is 0 Å². The number of hydrogen-bond donors (Lipinski definition) is 0. The Morgan fingerprint density at radius 2 is 1.62 bits per heavy atom. The minimum Gasteiger partial charge on any atom is -0.337 e. The van der Waals surface area contributed by atoms with Crippen molar-refractivity contribution in [2.24, 2.45) is 0 Å². The molecule has 148 valence electrons. The second-order valence-electron chi connectivity index (χ2n) is 8.47. The van der Waals surface area contributed by atoms with E-state index >= 15 is 0 Å². The zero-order valence-electron chi connectivity index (χ0n) is 16.8. The third-order valence-corrected chi connectivity index (χ3v) is 6.43. The first-order chi connectivity index (χ1) is 14.3. The van der Waals surface area contributed by atoms with Crippen molar-refractivity contribution in [2.75, 3.05) is 19.6 Å². The van der Waals surface area contributed by atoms with E-state index in [1.54, 1.807) is 0 Å². The molecule has 1 unspecified atom stereocenters. The Morgan fingerprint density at radius 3 is 2.45 bits per heavy atom. The second-order valence-corrected chi connectivity index (χ2v) is 8.47. The summed E-state index contributed by atoms with van der Waals surface area (Å²) in [6.07, 6.45) is 4.06. The van der Waals surface area contributed by atoms with Crippen molar-refractivity contribution in [1.82, 2.24) is 9.80 Å². The molecule has 1 aliphatic heterocycles. The van der Waals surface area contributed by atoms with Gasteiger partial charge >= 0.3 is 0 Å². The maximum Gasteiger partial charge on any atom is 0.227 e. The van der Waals surface area contributed by atoms with Crippen LogP contribution in [0, 0.1) is 0 Å². The van der Waals surface area contributed by atoms with Crippen LogP contribution in [0.15, 0.2) is 72.8 Å². The van der Waals surface area contributed by atoms with E-state index < -0.39 is 0 Å². The van der Waals surface area contributed by atoms with Crippen LogP contribution >= 0.6 is 0 Å². The van der Waals surface area contributed by atoms with Crippen molar-refractivity contribution in [1.29, 1.82) is 0 Å². The van der Waals surface area contributed by atoms with Crippen LogP contribution in [0.4, 0.5) is 0 Å². The van der Waals surface area contributed by atoms with Gasteiger partial charge < -0.3 is 4.90 Å². The molecule has 1 saturated carbocycles. The number of nitrogens with zero attached hydrogens (tertiary/aromatic N) is 2. The van der Waals surface area contributed by atoms with E-state index in [0.29, 0.717) is 6.42 Å². The number of piperazine rings is 1. The molecule has 2 aliphatic rings. The monoisotopic (exact) mass is 384 g/mol. The molecule has 0 aromatic heterocycles. The van der Waals surface area contributed by atoms with Gasteiger partial charge in [0, 0.05) is 31.7 Å². The molecular weight excluding hydrogens is 356 g/mol. The van der Waals surface area contributed by atoms with E-state index in [0.717, 1.165) is 37.7 Å². The van der Waals surface area contributed by atoms with Crippen molar-refractivity contribution in [2.45, 2.75) is 37.8 Å². The topological polar surface area (TPSA) is 23.6 Å². The molecule has 0 N–H and O–H groups in total. The van der Waals surface area contributed by atoms with Gasteiger partial charge in [0.05, 0.1) is 6.42 Å². The standard InChI is InChI=1S/C26H28N2O/c29-26(18-22-11-6-10-21-9-4-5-12-25(21)22)28-16-15-27(23-13-14-23)19-24(28)17-20-7-2-1-3-8-20/h1-12,23-24H,13-19H2. The molecule has 1 aliphatic carbocycles. The van der Waals surface area contributed by atoms with Gasteiger partial charge in [0.15, 0.2) is 0 Å². The number of rotatable bonds is 5. The minimum atomic E-state index is 0.259. The molecule has 0 spiro atoms. The predicted octanol–water partition coefficient (Wildman–Crippen LogP) is 4.30. The molecule has 2 fully saturated rings. The molecule has 29 heavy (non-hydrogen) atoms. The largest absolute Gasteiger partial charge is 0.337 e. The van der Waals surface area contributed by atoms with Gasteiger partial charge in [-0.1, -0.05) is 72.8 Å². The van der Waals surface area contributed by atoms with Gasteiger partial charge in [-0.15, -0.1) is 0 Å². The first-order valence-corrected chi connectivity index (χ1v) is 10.8. The molecule has 0 radical (unpaired) electrons. The fraction of sp³-hybridized carbons (Fsp3) is 0.346. The summed E-state index contributed by atoms with van der Waals surface area (Å²) in [7, 11) is 0. The highest BCUT2D eigenvalue weighted by atomic mass is 16.2. The third-order valence-electron chi connectivity index (χ3n) is 6.43. The molecule has 1 saturated heterocycles. The second kappa shape index (κ2) is 8.00. The first-order valence-electron chi connectivity index (χ1n) is 10.8. The first kappa shape index (κ1) is 18.4. The number of carbonyl (C=O) groups is 1. The fourth-order valence-corrected chi connectivity index (χ4v) is 4.75. The van der Waals surface area contributed by atoms with Crippen molar-refractivity contribution in [3.63, 3.8) is 0 Å². The van der Waals surface area contributed by atoms with E-state index in [9.17, 15) is 4.79 Å². The summed E-state index contributed by atoms with van der Waals surface area (Å²) >= 11 is 0. The van der Waals surface area contributed by atoms with Crippen LogP contribution in [0.25, 0.3) is 10.8 Å². The maximum absolute atomic E-state index is 13.4. The summed E-state index contributed by atoms with van der Waals surface area (Å²) in [6, 6.07) is 26.3. The lowest BCUT2D eigenvalue weighted by molar-refractivity contribution is -0.135. The molecular formula is C26H28N2O. The van der Waals surface area contributed by atoms with E-state index in [2.05, 4.69) is 82.6 Å². The highest BCUT2D eigenvalue weighted by molar-refractivity contribution is 5.90. The minimum absolute atomic E-state index is 0.259. The van der Waals surface area contributed by atoms with Crippen LogP contribution in [0.3, 0.4) is 0 Å². The smallest absolute Gasteiger partial charge is 0.227 e. The molecule has 1 amide bonds. The lowest BCUT2D eigenvalue weighted by atomic mass is 9.99. The Morgan fingerprint density at radius 1 is 0.862 bits per heavy atom. The van der Waals surface area contributed by atoms with E-state index in [1.165, 1.54) is 29.2 Å². The summed E-state index contributed by atoms with van der Waals surface area (Å²) < 4.78 is 0. The number of fused-ring (bicyclic) bond motifs is 1. The number of carbonyl (C=O) groups excluding carboxylic acids is 1. The van der Waals surface area contributed by atoms with Gasteiger partial charge in [0.1, 0.15) is 0 Å². The Kier molecular flexibility index (Phi) is 5.07. The van der Waals surface area contributed by atoms with Crippen molar-refractivity contribution >= 4 is 16.7 Å². The summed E-state index contributed by atoms with van der Waals surface area (Å²) in [5.74, 6) is 0.262.